The molecule has 6 heteroatoms. The fourth-order valence-electron chi connectivity index (χ4n) is 3.82. The number of hydrogen-bond donors (Lipinski definition) is 3. The Morgan fingerprint density at radius 2 is 2.24 bits per heavy atom. The van der Waals surface area contributed by atoms with E-state index in [1.54, 1.807) is 12.3 Å². The number of anilines is 1. The van der Waals surface area contributed by atoms with E-state index in [1.807, 2.05) is 0 Å². The van der Waals surface area contributed by atoms with E-state index < -0.39 is 0 Å². The lowest BCUT2D eigenvalue weighted by Crippen LogP contribution is -2.35. The average molecular weight is 338 g/mol. The molecule has 128 valence electrons. The first-order valence-corrected chi connectivity index (χ1v) is 8.51. The summed E-state index contributed by atoms with van der Waals surface area (Å²) in [5, 5.41) is 24.1. The maximum absolute atomic E-state index is 13.8. The van der Waals surface area contributed by atoms with Gasteiger partial charge in [-0.25, -0.2) is 9.37 Å². The first-order chi connectivity index (χ1) is 12.1. The number of benzene rings is 1. The maximum Gasteiger partial charge on any atom is 0.136 e. The molecular weight excluding hydrogens is 319 g/mol. The molecule has 3 aromatic rings. The van der Waals surface area contributed by atoms with Crippen LogP contribution in [0.2, 0.25) is 0 Å². The zero-order chi connectivity index (χ0) is 17.6. The van der Waals surface area contributed by atoms with Gasteiger partial charge in [0.1, 0.15) is 17.7 Å². The summed E-state index contributed by atoms with van der Waals surface area (Å²) < 4.78 is 13.8. The Hall–Kier alpha value is -2.65. The molecular formula is C19H19FN4O. The fourth-order valence-corrected chi connectivity index (χ4v) is 3.82. The molecule has 1 aliphatic carbocycles. The van der Waals surface area contributed by atoms with Gasteiger partial charge in [0.25, 0.3) is 0 Å². The number of aromatic amines is 1. The van der Waals surface area contributed by atoms with Gasteiger partial charge in [0.05, 0.1) is 22.6 Å². The number of pyridine rings is 1. The van der Waals surface area contributed by atoms with Crippen molar-refractivity contribution in [3.05, 3.63) is 35.8 Å². The second-order valence-electron chi connectivity index (χ2n) is 6.89. The molecule has 0 aliphatic heterocycles. The summed E-state index contributed by atoms with van der Waals surface area (Å²) in [6.45, 7) is 2.11. The van der Waals surface area contributed by atoms with E-state index in [0.29, 0.717) is 28.2 Å². The number of aliphatic hydroxyl groups is 1. The quantitative estimate of drug-likeness (QED) is 0.665. The van der Waals surface area contributed by atoms with Gasteiger partial charge < -0.3 is 15.4 Å². The predicted molar refractivity (Wildman–Crippen MR) is 94.7 cm³/mol. The van der Waals surface area contributed by atoms with E-state index in [9.17, 15) is 14.8 Å². The molecule has 0 saturated heterocycles. The van der Waals surface area contributed by atoms with Crippen molar-refractivity contribution in [3.63, 3.8) is 0 Å². The number of aliphatic hydroxyl groups excluding tert-OH is 1. The van der Waals surface area contributed by atoms with Gasteiger partial charge in [-0.05, 0) is 43.4 Å². The topological polar surface area (TPSA) is 84.7 Å². The lowest BCUT2D eigenvalue weighted by atomic mass is 9.84. The second-order valence-corrected chi connectivity index (χ2v) is 6.89. The summed E-state index contributed by atoms with van der Waals surface area (Å²) in [6.07, 6.45) is 3.65. The highest BCUT2D eigenvalue weighted by molar-refractivity contribution is 6.13. The first kappa shape index (κ1) is 15.9. The van der Waals surface area contributed by atoms with Crippen LogP contribution in [0.1, 0.15) is 31.7 Å². The molecule has 25 heavy (non-hydrogen) atoms. The maximum atomic E-state index is 13.8. The van der Waals surface area contributed by atoms with Gasteiger partial charge in [0.2, 0.25) is 0 Å². The van der Waals surface area contributed by atoms with Crippen molar-refractivity contribution in [2.45, 2.75) is 38.3 Å². The molecule has 0 unspecified atom stereocenters. The van der Waals surface area contributed by atoms with Gasteiger partial charge in [-0.2, -0.15) is 5.26 Å². The minimum Gasteiger partial charge on any atom is -0.393 e. The van der Waals surface area contributed by atoms with E-state index >= 15 is 0 Å². The molecule has 0 bridgehead atoms. The lowest BCUT2D eigenvalue weighted by molar-refractivity contribution is 0.0999. The SMILES string of the molecule is C[C@@H]1C[C@H](O)CC[C@H]1Nc1ncc(C#N)c2[nH]c3ccc(F)cc3c12. The molecule has 3 atom stereocenters. The van der Waals surface area contributed by atoms with Gasteiger partial charge in [0, 0.05) is 23.1 Å². The van der Waals surface area contributed by atoms with Crippen LogP contribution >= 0.6 is 0 Å². The van der Waals surface area contributed by atoms with E-state index in [1.165, 1.54) is 12.1 Å². The number of aromatic nitrogens is 2. The van der Waals surface area contributed by atoms with E-state index in [0.717, 1.165) is 30.2 Å². The minimum absolute atomic E-state index is 0.186. The molecule has 0 spiro atoms. The van der Waals surface area contributed by atoms with Gasteiger partial charge in [-0.15, -0.1) is 0 Å². The third-order valence-corrected chi connectivity index (χ3v) is 5.17. The van der Waals surface area contributed by atoms with Crippen LogP contribution in [0.4, 0.5) is 10.2 Å². The Kier molecular flexibility index (Phi) is 3.81. The van der Waals surface area contributed by atoms with Crippen molar-refractivity contribution in [2.24, 2.45) is 5.92 Å². The summed E-state index contributed by atoms with van der Waals surface area (Å²) in [4.78, 5) is 7.65. The van der Waals surface area contributed by atoms with Crippen molar-refractivity contribution < 1.29 is 9.50 Å². The molecule has 5 nitrogen and oxygen atoms in total. The van der Waals surface area contributed by atoms with Crippen molar-refractivity contribution in [2.75, 3.05) is 5.32 Å². The molecule has 0 radical (unpaired) electrons. The summed E-state index contributed by atoms with van der Waals surface area (Å²) in [7, 11) is 0. The second kappa shape index (κ2) is 6.01. The van der Waals surface area contributed by atoms with Crippen LogP contribution in [0, 0.1) is 23.1 Å². The first-order valence-electron chi connectivity index (χ1n) is 8.51. The molecule has 2 aromatic heterocycles. The molecule has 1 saturated carbocycles. The molecule has 2 heterocycles. The van der Waals surface area contributed by atoms with Gasteiger partial charge in [-0.1, -0.05) is 6.92 Å². The zero-order valence-corrected chi connectivity index (χ0v) is 13.9. The third-order valence-electron chi connectivity index (χ3n) is 5.17. The Morgan fingerprint density at radius 3 is 3.00 bits per heavy atom. The summed E-state index contributed by atoms with van der Waals surface area (Å²) in [5.74, 6) is 0.633. The van der Waals surface area contributed by atoms with E-state index in [-0.39, 0.29) is 18.0 Å². The third kappa shape index (κ3) is 2.71. The average Bonchev–Trinajstić information content (AvgIpc) is 2.96. The number of hydrogen-bond acceptors (Lipinski definition) is 4. The van der Waals surface area contributed by atoms with E-state index in [4.69, 9.17) is 0 Å². The number of nitrogens with one attached hydrogen (secondary N) is 2. The van der Waals surface area contributed by atoms with E-state index in [2.05, 4.69) is 28.3 Å². The van der Waals surface area contributed by atoms with Crippen molar-refractivity contribution in [1.29, 1.82) is 5.26 Å². The molecule has 3 N–H and O–H groups in total. The van der Waals surface area contributed by atoms with Gasteiger partial charge in [0.15, 0.2) is 0 Å². The van der Waals surface area contributed by atoms with Gasteiger partial charge in [-0.3, -0.25) is 0 Å². The van der Waals surface area contributed by atoms with Crippen molar-refractivity contribution >= 4 is 27.6 Å². The number of nitriles is 1. The van der Waals surface area contributed by atoms with Crippen LogP contribution in [-0.2, 0) is 0 Å². The monoisotopic (exact) mass is 338 g/mol. The number of H-pyrrole nitrogens is 1. The summed E-state index contributed by atoms with van der Waals surface area (Å²) in [6, 6.07) is 6.87. The smallest absolute Gasteiger partial charge is 0.136 e. The summed E-state index contributed by atoms with van der Waals surface area (Å²) in [5.41, 5.74) is 1.88. The molecule has 1 aromatic carbocycles. The normalized spacial score (nSPS) is 23.7. The highest BCUT2D eigenvalue weighted by atomic mass is 19.1. The van der Waals surface area contributed by atoms with Gasteiger partial charge >= 0.3 is 0 Å². The van der Waals surface area contributed by atoms with Crippen LogP contribution < -0.4 is 5.32 Å². The Balaban J connectivity index is 1.85. The standard InChI is InChI=1S/C19H19FN4O/c1-10-6-13(25)3-5-15(10)24-19-17-14-7-12(20)2-4-16(14)23-18(17)11(8-21)9-22-19/h2,4,7,9-10,13,15,23,25H,3,5-6H2,1H3,(H,22,24)/t10-,13-,15-/m1/s1. The highest BCUT2D eigenvalue weighted by Gasteiger charge is 2.27. The number of fused-ring (bicyclic) bond motifs is 3. The summed E-state index contributed by atoms with van der Waals surface area (Å²) >= 11 is 0. The molecule has 0 amide bonds. The molecule has 1 aliphatic rings. The van der Waals surface area contributed by atoms with Crippen LogP contribution in [0.25, 0.3) is 21.8 Å². The van der Waals surface area contributed by atoms with Crippen LogP contribution in [0.3, 0.4) is 0 Å². The van der Waals surface area contributed by atoms with Crippen LogP contribution in [0.5, 0.6) is 0 Å². The highest BCUT2D eigenvalue weighted by Crippen LogP contribution is 2.35. The Labute approximate surface area is 144 Å². The number of halogens is 1. The largest absolute Gasteiger partial charge is 0.393 e. The zero-order valence-electron chi connectivity index (χ0n) is 13.9. The number of nitrogens with zero attached hydrogens (tertiary/aromatic N) is 2. The van der Waals surface area contributed by atoms with Crippen LogP contribution in [0.15, 0.2) is 24.4 Å². The molecule has 4 rings (SSSR count). The van der Waals surface area contributed by atoms with Crippen molar-refractivity contribution in [3.8, 4) is 6.07 Å². The minimum atomic E-state index is -0.323. The fraction of sp³-hybridized carbons (Fsp3) is 0.368. The van der Waals surface area contributed by atoms with Crippen LogP contribution in [-0.4, -0.2) is 27.2 Å². The molecule has 1 fully saturated rings. The van der Waals surface area contributed by atoms with Crippen molar-refractivity contribution in [1.82, 2.24) is 9.97 Å². The Morgan fingerprint density at radius 1 is 1.40 bits per heavy atom. The predicted octanol–water partition coefficient (Wildman–Crippen LogP) is 3.69. The lowest BCUT2D eigenvalue weighted by Gasteiger charge is -2.32. The Bertz CT molecular complexity index is 990. The number of rotatable bonds is 2.